The first-order chi connectivity index (χ1) is 6.84. The highest BCUT2D eigenvalue weighted by molar-refractivity contribution is 5.50. The van der Waals surface area contributed by atoms with E-state index in [-0.39, 0.29) is 0 Å². The van der Waals surface area contributed by atoms with Gasteiger partial charge in [0, 0.05) is 5.56 Å². The Kier molecular flexibility index (Phi) is 2.89. The third-order valence-electron chi connectivity index (χ3n) is 2.07. The lowest BCUT2D eigenvalue weighted by molar-refractivity contribution is 1.42. The van der Waals surface area contributed by atoms with Gasteiger partial charge in [0.05, 0.1) is 5.92 Å². The SMILES string of the molecule is Cc1ccc(C#C[C]2[CH][CH][CH][CH]2)cc1. The van der Waals surface area contributed by atoms with Gasteiger partial charge in [0.2, 0.25) is 0 Å². The number of rotatable bonds is 0. The highest BCUT2D eigenvalue weighted by Crippen LogP contribution is 2.21. The van der Waals surface area contributed by atoms with Crippen molar-refractivity contribution in [2.75, 3.05) is 0 Å². The molecule has 1 aliphatic carbocycles. The van der Waals surface area contributed by atoms with Crippen LogP contribution in [0.2, 0.25) is 0 Å². The van der Waals surface area contributed by atoms with Crippen LogP contribution < -0.4 is 0 Å². The van der Waals surface area contributed by atoms with Crippen LogP contribution >= 0.6 is 0 Å². The Morgan fingerprint density at radius 3 is 2.14 bits per heavy atom. The van der Waals surface area contributed by atoms with Crippen LogP contribution in [-0.4, -0.2) is 0 Å². The number of aryl methyl sites for hydroxylation is 1. The van der Waals surface area contributed by atoms with Crippen LogP contribution in [-0.2, 0) is 0 Å². The summed E-state index contributed by atoms with van der Waals surface area (Å²) < 4.78 is 0. The van der Waals surface area contributed by atoms with Gasteiger partial charge < -0.3 is 0 Å². The minimum absolute atomic E-state index is 1.07. The van der Waals surface area contributed by atoms with Crippen LogP contribution in [0.25, 0.3) is 0 Å². The normalized spacial score (nSPS) is 16.4. The maximum Gasteiger partial charge on any atom is 0.0558 e. The molecule has 14 heavy (non-hydrogen) atoms. The molecule has 67 valence electrons. The highest BCUT2D eigenvalue weighted by atomic mass is 14.1. The van der Waals surface area contributed by atoms with Crippen molar-refractivity contribution in [3.8, 4) is 11.8 Å². The fraction of sp³-hybridized carbons (Fsp3) is 0.0714. The van der Waals surface area contributed by atoms with Gasteiger partial charge in [0.15, 0.2) is 0 Å². The molecule has 0 spiro atoms. The van der Waals surface area contributed by atoms with E-state index in [1.54, 1.807) is 0 Å². The summed E-state index contributed by atoms with van der Waals surface area (Å²) in [6.45, 7) is 2.08. The molecule has 5 radical (unpaired) electrons. The van der Waals surface area contributed by atoms with Crippen LogP contribution in [0.5, 0.6) is 0 Å². The largest absolute Gasteiger partial charge is 0.0888 e. The topological polar surface area (TPSA) is 0 Å². The van der Waals surface area contributed by atoms with Crippen molar-refractivity contribution in [1.82, 2.24) is 0 Å². The fourth-order valence-corrected chi connectivity index (χ4v) is 1.24. The van der Waals surface area contributed by atoms with Gasteiger partial charge in [0.25, 0.3) is 0 Å². The van der Waals surface area contributed by atoms with Gasteiger partial charge in [-0.15, -0.1) is 0 Å². The van der Waals surface area contributed by atoms with Gasteiger partial charge in [-0.1, -0.05) is 29.5 Å². The molecule has 0 nitrogen and oxygen atoms in total. The van der Waals surface area contributed by atoms with Crippen LogP contribution in [0.4, 0.5) is 0 Å². The first kappa shape index (κ1) is 9.34. The first-order valence-electron chi connectivity index (χ1n) is 4.65. The molecule has 0 unspecified atom stereocenters. The van der Waals surface area contributed by atoms with E-state index >= 15 is 0 Å². The molecule has 1 aromatic rings. The molecular weight excluding hydrogens is 168 g/mol. The second-order valence-corrected chi connectivity index (χ2v) is 3.29. The van der Waals surface area contributed by atoms with Crippen molar-refractivity contribution < 1.29 is 0 Å². The number of hydrogen-bond donors (Lipinski definition) is 0. The molecular formula is C14H11. The summed E-state index contributed by atoms with van der Waals surface area (Å²) in [6.07, 6.45) is 8.03. The molecule has 0 heteroatoms. The molecule has 0 saturated heterocycles. The Balaban J connectivity index is 2.05. The van der Waals surface area contributed by atoms with E-state index in [0.29, 0.717) is 0 Å². The zero-order valence-corrected chi connectivity index (χ0v) is 8.12. The van der Waals surface area contributed by atoms with Gasteiger partial charge in [-0.05, 0) is 44.7 Å². The molecule has 1 aliphatic rings. The van der Waals surface area contributed by atoms with Crippen LogP contribution in [0, 0.1) is 50.4 Å². The Morgan fingerprint density at radius 1 is 0.857 bits per heavy atom. The summed E-state index contributed by atoms with van der Waals surface area (Å²) in [5.41, 5.74) is 2.33. The lowest BCUT2D eigenvalue weighted by Gasteiger charge is -1.94. The van der Waals surface area contributed by atoms with E-state index in [1.165, 1.54) is 5.56 Å². The minimum Gasteiger partial charge on any atom is -0.0888 e. The maximum atomic E-state index is 3.12. The third kappa shape index (κ3) is 2.39. The summed E-state index contributed by atoms with van der Waals surface area (Å²) in [5.74, 6) is 7.31. The zero-order valence-electron chi connectivity index (χ0n) is 8.12. The molecule has 0 bridgehead atoms. The fourth-order valence-electron chi connectivity index (χ4n) is 1.24. The Labute approximate surface area is 86.3 Å². The average Bonchev–Trinajstić information content (AvgIpc) is 2.70. The van der Waals surface area contributed by atoms with E-state index in [2.05, 4.69) is 30.9 Å². The van der Waals surface area contributed by atoms with Gasteiger partial charge in [0.1, 0.15) is 0 Å². The van der Waals surface area contributed by atoms with Gasteiger partial charge in [-0.2, -0.15) is 0 Å². The number of hydrogen-bond acceptors (Lipinski definition) is 0. The van der Waals surface area contributed by atoms with Crippen molar-refractivity contribution in [1.29, 1.82) is 0 Å². The summed E-state index contributed by atoms with van der Waals surface area (Å²) in [4.78, 5) is 0. The molecule has 0 aliphatic heterocycles. The van der Waals surface area contributed by atoms with Gasteiger partial charge >= 0.3 is 0 Å². The Bertz CT molecular complexity index is 342. The van der Waals surface area contributed by atoms with Crippen molar-refractivity contribution >= 4 is 0 Å². The highest BCUT2D eigenvalue weighted by Gasteiger charge is 2.13. The monoisotopic (exact) mass is 179 g/mol. The van der Waals surface area contributed by atoms with Gasteiger partial charge in [-0.25, -0.2) is 0 Å². The second-order valence-electron chi connectivity index (χ2n) is 3.29. The molecule has 1 fully saturated rings. The van der Waals surface area contributed by atoms with Crippen molar-refractivity contribution in [3.05, 3.63) is 67.0 Å². The molecule has 0 aromatic heterocycles. The predicted molar refractivity (Wildman–Crippen MR) is 58.5 cm³/mol. The van der Waals surface area contributed by atoms with E-state index in [0.717, 1.165) is 11.5 Å². The lowest BCUT2D eigenvalue weighted by atomic mass is 10.1. The first-order valence-corrected chi connectivity index (χ1v) is 4.65. The molecule has 0 N–H and O–H groups in total. The zero-order chi connectivity index (χ0) is 9.80. The van der Waals surface area contributed by atoms with E-state index < -0.39 is 0 Å². The van der Waals surface area contributed by atoms with E-state index in [1.807, 2.05) is 37.8 Å². The van der Waals surface area contributed by atoms with Crippen LogP contribution in [0.1, 0.15) is 11.1 Å². The smallest absolute Gasteiger partial charge is 0.0558 e. The van der Waals surface area contributed by atoms with E-state index in [9.17, 15) is 0 Å². The molecule has 0 atom stereocenters. The van der Waals surface area contributed by atoms with Crippen molar-refractivity contribution in [3.63, 3.8) is 0 Å². The molecule has 0 amide bonds. The summed E-state index contributed by atoms with van der Waals surface area (Å²) >= 11 is 0. The Morgan fingerprint density at radius 2 is 1.50 bits per heavy atom. The van der Waals surface area contributed by atoms with Crippen molar-refractivity contribution in [2.45, 2.75) is 6.92 Å². The Hall–Kier alpha value is -1.22. The summed E-state index contributed by atoms with van der Waals surface area (Å²) in [7, 11) is 0. The molecule has 1 aromatic carbocycles. The van der Waals surface area contributed by atoms with Gasteiger partial charge in [-0.3, -0.25) is 0 Å². The minimum atomic E-state index is 1.07. The predicted octanol–water partition coefficient (Wildman–Crippen LogP) is 2.75. The third-order valence-corrected chi connectivity index (χ3v) is 2.07. The molecule has 1 saturated carbocycles. The van der Waals surface area contributed by atoms with E-state index in [4.69, 9.17) is 0 Å². The second kappa shape index (κ2) is 4.33. The average molecular weight is 179 g/mol. The maximum absolute atomic E-state index is 3.12. The summed E-state index contributed by atoms with van der Waals surface area (Å²) in [5, 5.41) is 0. The lowest BCUT2D eigenvalue weighted by Crippen LogP contribution is -1.85. The quantitative estimate of drug-likeness (QED) is 0.537. The van der Waals surface area contributed by atoms with Crippen LogP contribution in [0.3, 0.4) is 0 Å². The molecule has 0 heterocycles. The summed E-state index contributed by atoms with van der Waals surface area (Å²) in [6, 6.07) is 8.25. The van der Waals surface area contributed by atoms with Crippen molar-refractivity contribution in [2.24, 2.45) is 0 Å². The van der Waals surface area contributed by atoms with Crippen LogP contribution in [0.15, 0.2) is 24.3 Å². The molecule has 2 rings (SSSR count). The standard InChI is InChI=1S/C14H11/c1-12-6-8-14(9-7-12)11-10-13-4-2-3-5-13/h2-9H,1H3. The number of benzene rings is 1.